The fourth-order valence-electron chi connectivity index (χ4n) is 3.36. The molecule has 2 atom stereocenters. The van der Waals surface area contributed by atoms with E-state index in [-0.39, 0.29) is 0 Å². The van der Waals surface area contributed by atoms with Gasteiger partial charge >= 0.3 is 0 Å². The van der Waals surface area contributed by atoms with E-state index in [4.69, 9.17) is 0 Å². The fraction of sp³-hybridized carbons (Fsp3) is 0.765. The molecule has 118 valence electrons. The second-order valence-electron chi connectivity index (χ2n) is 6.34. The molecule has 0 spiro atoms. The van der Waals surface area contributed by atoms with Crippen molar-refractivity contribution in [2.45, 2.75) is 65.3 Å². The van der Waals surface area contributed by atoms with E-state index >= 15 is 0 Å². The summed E-state index contributed by atoms with van der Waals surface area (Å²) in [6, 6.07) is 0.618. The Morgan fingerprint density at radius 1 is 1.29 bits per heavy atom. The van der Waals surface area contributed by atoms with E-state index in [0.717, 1.165) is 36.9 Å². The smallest absolute Gasteiger partial charge is 0.137 e. The van der Waals surface area contributed by atoms with Gasteiger partial charge in [0.25, 0.3) is 0 Å². The molecule has 0 aliphatic heterocycles. The van der Waals surface area contributed by atoms with Crippen LogP contribution >= 0.6 is 0 Å². The van der Waals surface area contributed by atoms with Gasteiger partial charge < -0.3 is 10.2 Å². The summed E-state index contributed by atoms with van der Waals surface area (Å²) in [5, 5.41) is 3.44. The van der Waals surface area contributed by atoms with Crippen molar-refractivity contribution in [3.05, 3.63) is 11.9 Å². The van der Waals surface area contributed by atoms with Gasteiger partial charge in [-0.05, 0) is 31.6 Å². The summed E-state index contributed by atoms with van der Waals surface area (Å²) < 4.78 is 0. The minimum absolute atomic E-state index is 0.618. The third kappa shape index (κ3) is 3.86. The Labute approximate surface area is 129 Å². The predicted molar refractivity (Wildman–Crippen MR) is 90.0 cm³/mol. The number of rotatable bonds is 6. The Hall–Kier alpha value is -1.32. The van der Waals surface area contributed by atoms with Crippen molar-refractivity contribution in [1.29, 1.82) is 0 Å². The molecule has 1 aromatic rings. The van der Waals surface area contributed by atoms with Gasteiger partial charge in [0.05, 0.1) is 0 Å². The van der Waals surface area contributed by atoms with Crippen LogP contribution in [0.4, 0.5) is 11.6 Å². The number of hydrogen-bond donors (Lipinski definition) is 1. The molecule has 4 nitrogen and oxygen atoms in total. The van der Waals surface area contributed by atoms with E-state index in [2.05, 4.69) is 48.0 Å². The van der Waals surface area contributed by atoms with Gasteiger partial charge in [-0.15, -0.1) is 0 Å². The van der Waals surface area contributed by atoms with Crippen molar-refractivity contribution < 1.29 is 0 Å². The number of anilines is 2. The molecule has 0 bridgehead atoms. The van der Waals surface area contributed by atoms with Gasteiger partial charge in [-0.2, -0.15) is 0 Å². The van der Waals surface area contributed by atoms with Gasteiger partial charge in [0.2, 0.25) is 0 Å². The van der Waals surface area contributed by atoms with Crippen molar-refractivity contribution in [3.63, 3.8) is 0 Å². The molecule has 1 aliphatic rings. The van der Waals surface area contributed by atoms with E-state index in [1.807, 2.05) is 0 Å². The summed E-state index contributed by atoms with van der Waals surface area (Å²) in [6.45, 7) is 7.70. The highest BCUT2D eigenvalue weighted by atomic mass is 15.2. The first-order valence-corrected chi connectivity index (χ1v) is 8.47. The lowest BCUT2D eigenvalue weighted by Gasteiger charge is -2.35. The molecule has 4 heteroatoms. The summed E-state index contributed by atoms with van der Waals surface area (Å²) in [5.41, 5.74) is 1.26. The van der Waals surface area contributed by atoms with Gasteiger partial charge in [-0.3, -0.25) is 0 Å². The van der Waals surface area contributed by atoms with Crippen molar-refractivity contribution in [2.24, 2.45) is 5.92 Å². The standard InChI is InChI=1S/C17H30N4/c1-5-10-18-16-15(6-2)17(20-12-19-16)21(4)14-9-7-8-13(3)11-14/h12-14H,5-11H2,1-4H3,(H,18,19,20). The molecule has 1 N–H and O–H groups in total. The second kappa shape index (κ2) is 7.62. The Morgan fingerprint density at radius 2 is 2.10 bits per heavy atom. The maximum Gasteiger partial charge on any atom is 0.137 e. The third-order valence-corrected chi connectivity index (χ3v) is 4.61. The monoisotopic (exact) mass is 290 g/mol. The molecular weight excluding hydrogens is 260 g/mol. The zero-order valence-electron chi connectivity index (χ0n) is 14.0. The Kier molecular flexibility index (Phi) is 5.83. The Morgan fingerprint density at radius 3 is 2.76 bits per heavy atom. The highest BCUT2D eigenvalue weighted by molar-refractivity contribution is 5.59. The van der Waals surface area contributed by atoms with Crippen LogP contribution in [0.1, 0.15) is 58.4 Å². The molecule has 2 rings (SSSR count). The second-order valence-corrected chi connectivity index (χ2v) is 6.34. The summed E-state index contributed by atoms with van der Waals surface area (Å²) in [5.74, 6) is 2.96. The number of hydrogen-bond acceptors (Lipinski definition) is 4. The van der Waals surface area contributed by atoms with Gasteiger partial charge in [-0.1, -0.05) is 33.6 Å². The molecule has 1 aliphatic carbocycles. The van der Waals surface area contributed by atoms with Crippen molar-refractivity contribution in [2.75, 3.05) is 23.8 Å². The van der Waals surface area contributed by atoms with Crippen LogP contribution in [0.25, 0.3) is 0 Å². The minimum Gasteiger partial charge on any atom is -0.370 e. The summed E-state index contributed by atoms with van der Waals surface area (Å²) in [7, 11) is 2.20. The van der Waals surface area contributed by atoms with Crippen molar-refractivity contribution in [1.82, 2.24) is 9.97 Å². The first-order chi connectivity index (χ1) is 10.2. The molecular formula is C17H30N4. The largest absolute Gasteiger partial charge is 0.370 e. The van der Waals surface area contributed by atoms with Gasteiger partial charge in [0.1, 0.15) is 18.0 Å². The lowest BCUT2D eigenvalue weighted by molar-refractivity contribution is 0.335. The van der Waals surface area contributed by atoms with E-state index < -0.39 is 0 Å². The summed E-state index contributed by atoms with van der Waals surface area (Å²) in [4.78, 5) is 11.4. The molecule has 0 aromatic carbocycles. The first-order valence-electron chi connectivity index (χ1n) is 8.47. The minimum atomic E-state index is 0.618. The summed E-state index contributed by atoms with van der Waals surface area (Å²) in [6.07, 6.45) is 9.05. The average molecular weight is 290 g/mol. The maximum absolute atomic E-state index is 4.59. The topological polar surface area (TPSA) is 41.1 Å². The first kappa shape index (κ1) is 16.1. The lowest BCUT2D eigenvalue weighted by atomic mass is 9.86. The molecule has 1 saturated carbocycles. The predicted octanol–water partition coefficient (Wildman–Crippen LogP) is 3.88. The zero-order valence-corrected chi connectivity index (χ0v) is 14.0. The van der Waals surface area contributed by atoms with Crippen LogP contribution in [0.3, 0.4) is 0 Å². The summed E-state index contributed by atoms with van der Waals surface area (Å²) >= 11 is 0. The van der Waals surface area contributed by atoms with Crippen molar-refractivity contribution >= 4 is 11.6 Å². The van der Waals surface area contributed by atoms with E-state index in [0.29, 0.717) is 6.04 Å². The van der Waals surface area contributed by atoms with Crippen LogP contribution in [0.15, 0.2) is 6.33 Å². The van der Waals surface area contributed by atoms with Crippen LogP contribution in [-0.2, 0) is 6.42 Å². The quantitative estimate of drug-likeness (QED) is 0.863. The van der Waals surface area contributed by atoms with Crippen molar-refractivity contribution in [3.8, 4) is 0 Å². The molecule has 2 unspecified atom stereocenters. The van der Waals surface area contributed by atoms with E-state index in [1.54, 1.807) is 6.33 Å². The number of nitrogens with one attached hydrogen (secondary N) is 1. The molecule has 0 radical (unpaired) electrons. The van der Waals surface area contributed by atoms with E-state index in [9.17, 15) is 0 Å². The molecule has 0 amide bonds. The third-order valence-electron chi connectivity index (χ3n) is 4.61. The van der Waals surface area contributed by atoms with Gasteiger partial charge in [0, 0.05) is 25.2 Å². The maximum atomic E-state index is 4.59. The van der Waals surface area contributed by atoms with Crippen LogP contribution in [0, 0.1) is 5.92 Å². The van der Waals surface area contributed by atoms with Crippen LogP contribution in [0.2, 0.25) is 0 Å². The Bertz CT molecular complexity index is 446. The Balaban J connectivity index is 2.21. The number of nitrogens with zero attached hydrogens (tertiary/aromatic N) is 3. The van der Waals surface area contributed by atoms with Crippen LogP contribution in [0.5, 0.6) is 0 Å². The van der Waals surface area contributed by atoms with Crippen LogP contribution < -0.4 is 10.2 Å². The number of aromatic nitrogens is 2. The van der Waals surface area contributed by atoms with Gasteiger partial charge in [0.15, 0.2) is 0 Å². The average Bonchev–Trinajstić information content (AvgIpc) is 2.51. The molecule has 0 saturated heterocycles. The fourth-order valence-corrected chi connectivity index (χ4v) is 3.36. The molecule has 1 heterocycles. The molecule has 1 fully saturated rings. The normalized spacial score (nSPS) is 22.1. The highest BCUT2D eigenvalue weighted by Crippen LogP contribution is 2.31. The zero-order chi connectivity index (χ0) is 15.2. The molecule has 1 aromatic heterocycles. The van der Waals surface area contributed by atoms with Crippen LogP contribution in [-0.4, -0.2) is 29.6 Å². The molecule has 21 heavy (non-hydrogen) atoms. The lowest BCUT2D eigenvalue weighted by Crippen LogP contribution is -2.36. The van der Waals surface area contributed by atoms with Gasteiger partial charge in [-0.25, -0.2) is 9.97 Å². The van der Waals surface area contributed by atoms with E-state index in [1.165, 1.54) is 31.2 Å². The SMILES string of the molecule is CCCNc1ncnc(N(C)C2CCCC(C)C2)c1CC. The highest BCUT2D eigenvalue weighted by Gasteiger charge is 2.25.